The van der Waals surface area contributed by atoms with Crippen LogP contribution in [0.2, 0.25) is 0 Å². The number of benzene rings is 2. The Morgan fingerprint density at radius 1 is 1.22 bits per heavy atom. The van der Waals surface area contributed by atoms with Gasteiger partial charge in [-0.3, -0.25) is 4.40 Å². The SMILES string of the molecule is Cc1ccc(S(C)(=O)=O)cc1-c1cnc2c(N)nc(-c3cccc(C(C#N)OC(=O)C(F)(F)F)c3)cn12. The molecule has 0 aliphatic carbocycles. The molecule has 37 heavy (non-hydrogen) atoms. The van der Waals surface area contributed by atoms with E-state index in [1.54, 1.807) is 29.7 Å². The zero-order valence-corrected chi connectivity index (χ0v) is 20.1. The predicted octanol–water partition coefficient (Wildman–Crippen LogP) is 4.03. The lowest BCUT2D eigenvalue weighted by Gasteiger charge is -2.14. The monoisotopic (exact) mass is 529 g/mol. The van der Waals surface area contributed by atoms with Crippen molar-refractivity contribution in [3.8, 4) is 28.6 Å². The summed E-state index contributed by atoms with van der Waals surface area (Å²) >= 11 is 0. The first-order valence-corrected chi connectivity index (χ1v) is 12.4. The lowest BCUT2D eigenvalue weighted by Crippen LogP contribution is -2.26. The molecule has 9 nitrogen and oxygen atoms in total. The zero-order chi connectivity index (χ0) is 27.1. The molecule has 0 radical (unpaired) electrons. The molecule has 0 bridgehead atoms. The van der Waals surface area contributed by atoms with E-state index >= 15 is 0 Å². The van der Waals surface area contributed by atoms with Gasteiger partial charge in [0.25, 0.3) is 0 Å². The van der Waals surface area contributed by atoms with Crippen LogP contribution in [0.4, 0.5) is 19.0 Å². The van der Waals surface area contributed by atoms with E-state index in [0.717, 1.165) is 11.8 Å². The minimum atomic E-state index is -5.25. The van der Waals surface area contributed by atoms with Gasteiger partial charge in [-0.05, 0) is 30.7 Å². The van der Waals surface area contributed by atoms with Crippen LogP contribution >= 0.6 is 0 Å². The smallest absolute Gasteiger partial charge is 0.435 e. The van der Waals surface area contributed by atoms with E-state index < -0.39 is 28.1 Å². The second-order valence-corrected chi connectivity index (χ2v) is 10.2. The Labute approximate surface area is 208 Å². The van der Waals surface area contributed by atoms with Crippen molar-refractivity contribution in [3.05, 3.63) is 66.0 Å². The van der Waals surface area contributed by atoms with Gasteiger partial charge < -0.3 is 10.5 Å². The Bertz CT molecular complexity index is 1690. The van der Waals surface area contributed by atoms with Crippen molar-refractivity contribution in [1.82, 2.24) is 14.4 Å². The average molecular weight is 530 g/mol. The molecule has 0 aliphatic heterocycles. The van der Waals surface area contributed by atoms with Gasteiger partial charge in [-0.2, -0.15) is 18.4 Å². The number of nitrogen functional groups attached to an aromatic ring is 1. The van der Waals surface area contributed by atoms with Gasteiger partial charge in [0.05, 0.1) is 22.5 Å². The molecule has 2 N–H and O–H groups in total. The highest BCUT2D eigenvalue weighted by Crippen LogP contribution is 2.31. The number of hydrogen-bond acceptors (Lipinski definition) is 8. The molecule has 2 aromatic carbocycles. The molecule has 0 amide bonds. The van der Waals surface area contributed by atoms with Gasteiger partial charge in [-0.1, -0.05) is 24.3 Å². The summed E-state index contributed by atoms with van der Waals surface area (Å²) < 4.78 is 68.0. The van der Waals surface area contributed by atoms with Gasteiger partial charge in [-0.25, -0.2) is 23.2 Å². The third kappa shape index (κ3) is 5.10. The number of sulfone groups is 1. The molecule has 0 saturated carbocycles. The molecule has 0 aliphatic rings. The van der Waals surface area contributed by atoms with Gasteiger partial charge in [-0.15, -0.1) is 0 Å². The minimum absolute atomic E-state index is 0.000575. The van der Waals surface area contributed by atoms with Crippen LogP contribution in [0, 0.1) is 18.3 Å². The number of carbonyl (C=O) groups excluding carboxylic acids is 1. The number of ether oxygens (including phenoxy) is 1. The van der Waals surface area contributed by atoms with E-state index in [2.05, 4.69) is 14.7 Å². The topological polar surface area (TPSA) is 140 Å². The van der Waals surface area contributed by atoms with E-state index in [-0.39, 0.29) is 22.0 Å². The van der Waals surface area contributed by atoms with Crippen molar-refractivity contribution in [1.29, 1.82) is 5.26 Å². The molecule has 4 rings (SSSR count). The molecular weight excluding hydrogens is 511 g/mol. The van der Waals surface area contributed by atoms with Gasteiger partial charge in [0.15, 0.2) is 21.3 Å². The maximum atomic E-state index is 12.6. The highest BCUT2D eigenvalue weighted by molar-refractivity contribution is 7.90. The second-order valence-electron chi connectivity index (χ2n) is 8.13. The number of hydrogen-bond donors (Lipinski definition) is 1. The number of carbonyl (C=O) groups is 1. The summed E-state index contributed by atoms with van der Waals surface area (Å²) in [6.45, 7) is 1.81. The molecule has 1 unspecified atom stereocenters. The summed E-state index contributed by atoms with van der Waals surface area (Å²) in [5.41, 5.74) is 8.96. The maximum Gasteiger partial charge on any atom is 0.490 e. The van der Waals surface area contributed by atoms with Gasteiger partial charge in [0, 0.05) is 29.1 Å². The van der Waals surface area contributed by atoms with Crippen LogP contribution in [0.1, 0.15) is 17.2 Å². The summed E-state index contributed by atoms with van der Waals surface area (Å²) in [7, 11) is -3.48. The first-order chi connectivity index (χ1) is 17.3. The van der Waals surface area contributed by atoms with E-state index in [4.69, 9.17) is 5.73 Å². The van der Waals surface area contributed by atoms with Crippen molar-refractivity contribution in [2.24, 2.45) is 0 Å². The summed E-state index contributed by atoms with van der Waals surface area (Å²) in [4.78, 5) is 20.0. The maximum absolute atomic E-state index is 12.6. The number of imidazole rings is 1. The van der Waals surface area contributed by atoms with Gasteiger partial charge >= 0.3 is 12.1 Å². The molecular formula is C24H18F3N5O4S. The fourth-order valence-corrected chi connectivity index (χ4v) is 4.31. The molecule has 0 saturated heterocycles. The Morgan fingerprint density at radius 3 is 2.59 bits per heavy atom. The summed E-state index contributed by atoms with van der Waals surface area (Å²) in [5, 5.41) is 9.30. The zero-order valence-electron chi connectivity index (χ0n) is 19.3. The highest BCUT2D eigenvalue weighted by Gasteiger charge is 2.42. The Kier molecular flexibility index (Phi) is 6.39. The summed E-state index contributed by atoms with van der Waals surface area (Å²) in [6, 6.07) is 12.0. The predicted molar refractivity (Wildman–Crippen MR) is 127 cm³/mol. The number of nitriles is 1. The second kappa shape index (κ2) is 9.21. The number of nitrogens with zero attached hydrogens (tertiary/aromatic N) is 4. The standard InChI is InChI=1S/C24H18F3N5O4S/c1-13-6-7-16(37(2,34)35)9-17(13)19-11-30-22-21(29)31-18(12-32(19)22)14-4-3-5-15(8-14)20(10-28)36-23(33)24(25,26)27/h3-9,11-12,20H,1-2H3,(H2,29,31). The molecule has 13 heteroatoms. The van der Waals surface area contributed by atoms with Crippen molar-refractivity contribution in [2.75, 3.05) is 12.0 Å². The fraction of sp³-hybridized carbons (Fsp3) is 0.167. The van der Waals surface area contributed by atoms with E-state index in [9.17, 15) is 31.6 Å². The molecule has 2 aromatic heterocycles. The molecule has 190 valence electrons. The van der Waals surface area contributed by atoms with Gasteiger partial charge in [0.1, 0.15) is 6.07 Å². The number of fused-ring (bicyclic) bond motifs is 1. The summed E-state index contributed by atoms with van der Waals surface area (Å²) in [6.07, 6.45) is -2.87. The first kappa shape index (κ1) is 25.6. The summed E-state index contributed by atoms with van der Waals surface area (Å²) in [5.74, 6) is -2.45. The third-order valence-electron chi connectivity index (χ3n) is 5.49. The lowest BCUT2D eigenvalue weighted by molar-refractivity contribution is -0.202. The average Bonchev–Trinajstić information content (AvgIpc) is 3.25. The number of esters is 1. The third-order valence-corrected chi connectivity index (χ3v) is 6.60. The normalized spacial score (nSPS) is 12.8. The number of rotatable bonds is 5. The molecule has 4 aromatic rings. The number of nitrogens with two attached hydrogens (primary N) is 1. The largest absolute Gasteiger partial charge is 0.490 e. The fourth-order valence-electron chi connectivity index (χ4n) is 3.66. The van der Waals surface area contributed by atoms with Crippen molar-refractivity contribution in [3.63, 3.8) is 0 Å². The van der Waals surface area contributed by atoms with E-state index in [1.807, 2.05) is 0 Å². The molecule has 0 spiro atoms. The van der Waals surface area contributed by atoms with Crippen molar-refractivity contribution < 1.29 is 31.1 Å². The van der Waals surface area contributed by atoms with Crippen LogP contribution in [0.5, 0.6) is 0 Å². The van der Waals surface area contributed by atoms with Crippen molar-refractivity contribution >= 4 is 27.3 Å². The Morgan fingerprint density at radius 2 is 1.95 bits per heavy atom. The molecule has 1 atom stereocenters. The number of aromatic nitrogens is 3. The number of aryl methyl sites for hydroxylation is 1. The minimum Gasteiger partial charge on any atom is -0.435 e. The number of anilines is 1. The van der Waals surface area contributed by atoms with Crippen LogP contribution in [-0.2, 0) is 19.4 Å². The van der Waals surface area contributed by atoms with Crippen molar-refractivity contribution in [2.45, 2.75) is 24.1 Å². The van der Waals surface area contributed by atoms with Crippen LogP contribution in [0.3, 0.4) is 0 Å². The van der Waals surface area contributed by atoms with E-state index in [0.29, 0.717) is 22.5 Å². The molecule has 2 heterocycles. The number of halogens is 3. The van der Waals surface area contributed by atoms with Crippen LogP contribution in [-0.4, -0.2) is 41.2 Å². The first-order valence-electron chi connectivity index (χ1n) is 10.5. The highest BCUT2D eigenvalue weighted by atomic mass is 32.2. The Balaban J connectivity index is 1.81. The lowest BCUT2D eigenvalue weighted by atomic mass is 10.0. The quantitative estimate of drug-likeness (QED) is 0.382. The van der Waals surface area contributed by atoms with Crippen LogP contribution in [0.25, 0.3) is 28.2 Å². The Hall–Kier alpha value is -4.44. The van der Waals surface area contributed by atoms with E-state index in [1.165, 1.54) is 42.6 Å². The van der Waals surface area contributed by atoms with Gasteiger partial charge in [0.2, 0.25) is 6.10 Å². The number of alkyl halides is 3. The molecule has 0 fully saturated rings. The van der Waals surface area contributed by atoms with Crippen LogP contribution < -0.4 is 5.73 Å². The van der Waals surface area contributed by atoms with Crippen LogP contribution in [0.15, 0.2) is 59.8 Å².